The molecule has 1 aliphatic heterocycles. The number of hydrogen-bond acceptors (Lipinski definition) is 4. The smallest absolute Gasteiger partial charge is 0.207 e. The highest BCUT2D eigenvalue weighted by atomic mass is 35.7. The molecule has 21 heavy (non-hydrogen) atoms. The lowest BCUT2D eigenvalue weighted by atomic mass is 9.94. The van der Waals surface area contributed by atoms with Gasteiger partial charge in [-0.25, -0.2) is 16.8 Å². The van der Waals surface area contributed by atoms with Crippen molar-refractivity contribution < 1.29 is 16.8 Å². The van der Waals surface area contributed by atoms with Gasteiger partial charge in [0.1, 0.15) is 0 Å². The van der Waals surface area contributed by atoms with Crippen LogP contribution in [0.25, 0.3) is 0 Å². The molecular weight excluding hydrogens is 334 g/mol. The summed E-state index contributed by atoms with van der Waals surface area (Å²) < 4.78 is 49.0. The van der Waals surface area contributed by atoms with Crippen molar-refractivity contribution in [1.82, 2.24) is 4.31 Å². The molecule has 0 aromatic heterocycles. The van der Waals surface area contributed by atoms with Crippen LogP contribution in [-0.2, 0) is 19.1 Å². The first-order chi connectivity index (χ1) is 9.60. The Balaban J connectivity index is 2.31. The van der Waals surface area contributed by atoms with Gasteiger partial charge in [-0.15, -0.1) is 0 Å². The molecule has 2 rings (SSSR count). The Morgan fingerprint density at radius 1 is 0.952 bits per heavy atom. The third-order valence-electron chi connectivity index (χ3n) is 3.58. The van der Waals surface area contributed by atoms with E-state index in [9.17, 15) is 16.8 Å². The molecule has 1 aromatic carbocycles. The molecular formula is C13H18ClNO4S2. The van der Waals surface area contributed by atoms with E-state index in [1.807, 2.05) is 13.8 Å². The van der Waals surface area contributed by atoms with Gasteiger partial charge >= 0.3 is 0 Å². The fraction of sp³-hybridized carbons (Fsp3) is 0.538. The van der Waals surface area contributed by atoms with Gasteiger partial charge < -0.3 is 0 Å². The molecule has 0 saturated carbocycles. The van der Waals surface area contributed by atoms with Crippen molar-refractivity contribution >= 4 is 29.8 Å². The lowest BCUT2D eigenvalue weighted by Crippen LogP contribution is -2.42. The van der Waals surface area contributed by atoms with Crippen LogP contribution < -0.4 is 0 Å². The molecule has 0 aliphatic carbocycles. The lowest BCUT2D eigenvalue weighted by molar-refractivity contribution is 0.222. The Bertz CT molecular complexity index is 703. The van der Waals surface area contributed by atoms with Gasteiger partial charge in [0, 0.05) is 23.8 Å². The first-order valence-corrected chi connectivity index (χ1v) is 10.4. The number of rotatable bonds is 3. The van der Waals surface area contributed by atoms with E-state index in [0.717, 1.165) is 6.42 Å². The van der Waals surface area contributed by atoms with Gasteiger partial charge in [-0.2, -0.15) is 4.31 Å². The van der Waals surface area contributed by atoms with Crippen molar-refractivity contribution in [1.29, 1.82) is 0 Å². The average Bonchev–Trinajstić information content (AvgIpc) is 2.36. The molecule has 0 spiro atoms. The molecule has 1 aliphatic rings. The number of halogens is 1. The van der Waals surface area contributed by atoms with Gasteiger partial charge in [0.15, 0.2) is 0 Å². The number of nitrogens with zero attached hydrogens (tertiary/aromatic N) is 1. The van der Waals surface area contributed by atoms with E-state index in [1.165, 1.54) is 28.6 Å². The predicted octanol–water partition coefficient (Wildman–Crippen LogP) is 2.28. The molecule has 1 saturated heterocycles. The largest absolute Gasteiger partial charge is 0.261 e. The summed E-state index contributed by atoms with van der Waals surface area (Å²) >= 11 is 0. The first-order valence-electron chi connectivity index (χ1n) is 6.65. The Morgan fingerprint density at radius 3 is 1.81 bits per heavy atom. The zero-order chi connectivity index (χ0) is 15.8. The van der Waals surface area contributed by atoms with Gasteiger partial charge in [-0.1, -0.05) is 13.8 Å². The third kappa shape index (κ3) is 3.77. The SMILES string of the molecule is C[C@@H]1C[C@@H](C)CN(S(=O)(=O)c2ccc(S(=O)(=O)Cl)cc2)C1. The summed E-state index contributed by atoms with van der Waals surface area (Å²) in [6.07, 6.45) is 1.01. The summed E-state index contributed by atoms with van der Waals surface area (Å²) in [4.78, 5) is -0.0173. The Hall–Kier alpha value is -0.630. The molecule has 0 bridgehead atoms. The second-order valence-corrected chi connectivity index (χ2v) is 10.2. The minimum absolute atomic E-state index is 0.0906. The molecule has 0 N–H and O–H groups in total. The van der Waals surface area contributed by atoms with E-state index in [2.05, 4.69) is 0 Å². The third-order valence-corrected chi connectivity index (χ3v) is 6.79. The highest BCUT2D eigenvalue weighted by molar-refractivity contribution is 8.13. The summed E-state index contributed by atoms with van der Waals surface area (Å²) in [6.45, 7) is 5.03. The van der Waals surface area contributed by atoms with E-state index in [4.69, 9.17) is 10.7 Å². The minimum atomic E-state index is -3.84. The van der Waals surface area contributed by atoms with Crippen molar-refractivity contribution in [3.8, 4) is 0 Å². The molecule has 5 nitrogen and oxygen atoms in total. The van der Waals surface area contributed by atoms with Crippen LogP contribution in [0.4, 0.5) is 0 Å². The fourth-order valence-electron chi connectivity index (χ4n) is 2.73. The highest BCUT2D eigenvalue weighted by Gasteiger charge is 2.31. The Kier molecular flexibility index (Phi) is 4.68. The van der Waals surface area contributed by atoms with Gasteiger partial charge in [-0.05, 0) is 42.5 Å². The van der Waals surface area contributed by atoms with Crippen molar-refractivity contribution in [2.75, 3.05) is 13.1 Å². The molecule has 0 unspecified atom stereocenters. The standard InChI is InChI=1S/C13H18ClNO4S2/c1-10-7-11(2)9-15(8-10)21(18,19)13-5-3-12(4-6-13)20(14,16)17/h3-6,10-11H,7-9H2,1-2H3/t10-,11-/m1/s1. The monoisotopic (exact) mass is 351 g/mol. The van der Waals surface area contributed by atoms with Gasteiger partial charge in [0.2, 0.25) is 10.0 Å². The molecule has 8 heteroatoms. The molecule has 0 amide bonds. The molecule has 1 heterocycles. The quantitative estimate of drug-likeness (QED) is 0.783. The van der Waals surface area contributed by atoms with Crippen molar-refractivity contribution in [3.05, 3.63) is 24.3 Å². The minimum Gasteiger partial charge on any atom is -0.207 e. The van der Waals surface area contributed by atoms with Crippen molar-refractivity contribution in [3.63, 3.8) is 0 Å². The molecule has 1 aromatic rings. The summed E-state index contributed by atoms with van der Waals surface area (Å²) in [6, 6.07) is 5.00. The van der Waals surface area contributed by atoms with Gasteiger partial charge in [-0.3, -0.25) is 0 Å². The topological polar surface area (TPSA) is 71.5 Å². The van der Waals surface area contributed by atoms with Crippen LogP contribution in [0.3, 0.4) is 0 Å². The fourth-order valence-corrected chi connectivity index (χ4v) is 5.17. The maximum atomic E-state index is 12.6. The zero-order valence-electron chi connectivity index (χ0n) is 11.9. The van der Waals surface area contributed by atoms with Crippen molar-refractivity contribution in [2.24, 2.45) is 11.8 Å². The maximum Gasteiger partial charge on any atom is 0.261 e. The zero-order valence-corrected chi connectivity index (χ0v) is 14.2. The number of sulfonamides is 1. The van der Waals surface area contributed by atoms with E-state index >= 15 is 0 Å². The predicted molar refractivity (Wildman–Crippen MR) is 81.2 cm³/mol. The van der Waals surface area contributed by atoms with Crippen molar-refractivity contribution in [2.45, 2.75) is 30.1 Å². The second-order valence-electron chi connectivity index (χ2n) is 5.68. The molecule has 2 atom stereocenters. The Morgan fingerprint density at radius 2 is 1.38 bits per heavy atom. The van der Waals surface area contributed by atoms with E-state index < -0.39 is 19.1 Å². The van der Waals surface area contributed by atoms with Crippen LogP contribution in [0.15, 0.2) is 34.1 Å². The maximum absolute atomic E-state index is 12.6. The average molecular weight is 352 g/mol. The van der Waals surface area contributed by atoms with E-state index in [-0.39, 0.29) is 9.79 Å². The normalized spacial score (nSPS) is 24.9. The number of benzene rings is 1. The summed E-state index contributed by atoms with van der Waals surface area (Å²) in [5.41, 5.74) is 0. The number of piperidine rings is 1. The molecule has 118 valence electrons. The van der Waals surface area contributed by atoms with Crippen LogP contribution in [-0.4, -0.2) is 34.2 Å². The summed E-state index contributed by atoms with van der Waals surface area (Å²) in [5, 5.41) is 0. The van der Waals surface area contributed by atoms with Gasteiger partial charge in [0.25, 0.3) is 9.05 Å². The summed E-state index contributed by atoms with van der Waals surface area (Å²) in [5.74, 6) is 0.622. The first kappa shape index (κ1) is 16.7. The summed E-state index contributed by atoms with van der Waals surface area (Å²) in [7, 11) is -2.21. The van der Waals surface area contributed by atoms with Gasteiger partial charge in [0.05, 0.1) is 9.79 Å². The van der Waals surface area contributed by atoms with E-state index in [0.29, 0.717) is 24.9 Å². The van der Waals surface area contributed by atoms with E-state index in [1.54, 1.807) is 0 Å². The number of hydrogen-bond donors (Lipinski definition) is 0. The lowest BCUT2D eigenvalue weighted by Gasteiger charge is -2.34. The van der Waals surface area contributed by atoms with Crippen LogP contribution >= 0.6 is 10.7 Å². The highest BCUT2D eigenvalue weighted by Crippen LogP contribution is 2.27. The van der Waals surface area contributed by atoms with Crippen LogP contribution in [0, 0.1) is 11.8 Å². The molecule has 1 fully saturated rings. The van der Waals surface area contributed by atoms with Crippen LogP contribution in [0.1, 0.15) is 20.3 Å². The van der Waals surface area contributed by atoms with Crippen LogP contribution in [0.5, 0.6) is 0 Å². The molecule has 0 radical (unpaired) electrons. The van der Waals surface area contributed by atoms with Crippen LogP contribution in [0.2, 0.25) is 0 Å². The second kappa shape index (κ2) is 5.87. The Labute approximate surface area is 130 Å².